The number of aliphatic hydroxyl groups excluding tert-OH is 1. The maximum atomic E-state index is 12.8. The van der Waals surface area contributed by atoms with Crippen LogP contribution in [-0.4, -0.2) is 73.4 Å². The number of quaternary nitrogens is 1. The van der Waals surface area contributed by atoms with Crippen LogP contribution in [0.15, 0.2) is 24.3 Å². The lowest BCUT2D eigenvalue weighted by molar-refractivity contribution is -0.870. The highest BCUT2D eigenvalue weighted by atomic mass is 31.2. The zero-order chi connectivity index (χ0) is 38.6. The second-order valence-corrected chi connectivity index (χ2v) is 17.5. The Balaban J connectivity index is 4.46. The van der Waals surface area contributed by atoms with Crippen molar-refractivity contribution in [2.24, 2.45) is 0 Å². The third-order valence-corrected chi connectivity index (χ3v) is 10.7. The molecule has 52 heavy (non-hydrogen) atoms. The zero-order valence-corrected chi connectivity index (χ0v) is 35.7. The van der Waals surface area contributed by atoms with E-state index in [1.807, 2.05) is 33.3 Å². The molecule has 0 aliphatic carbocycles. The Morgan fingerprint density at radius 3 is 1.46 bits per heavy atom. The molecule has 1 amide bonds. The molecule has 3 N–H and O–H groups in total. The molecule has 3 atom stereocenters. The fraction of sp³-hybridized carbons (Fsp3) is 0.884. The number of hydrogen-bond donors (Lipinski definition) is 3. The molecule has 0 saturated heterocycles. The van der Waals surface area contributed by atoms with Crippen molar-refractivity contribution in [1.29, 1.82) is 0 Å². The monoisotopic (exact) mass is 758 g/mol. The summed E-state index contributed by atoms with van der Waals surface area (Å²) in [5, 5.41) is 13.8. The van der Waals surface area contributed by atoms with Crippen molar-refractivity contribution in [3.8, 4) is 0 Å². The lowest BCUT2D eigenvalue weighted by Gasteiger charge is -2.26. The maximum Gasteiger partial charge on any atom is 0.472 e. The summed E-state index contributed by atoms with van der Waals surface area (Å²) in [7, 11) is 1.56. The van der Waals surface area contributed by atoms with E-state index >= 15 is 0 Å². The zero-order valence-electron chi connectivity index (χ0n) is 34.8. The predicted molar refractivity (Wildman–Crippen MR) is 221 cm³/mol. The smallest absolute Gasteiger partial charge is 0.391 e. The van der Waals surface area contributed by atoms with E-state index in [9.17, 15) is 19.4 Å². The molecule has 0 spiro atoms. The van der Waals surface area contributed by atoms with Gasteiger partial charge in [-0.05, 0) is 32.1 Å². The molecule has 8 nitrogen and oxygen atoms in total. The van der Waals surface area contributed by atoms with E-state index < -0.39 is 20.0 Å². The van der Waals surface area contributed by atoms with Crippen LogP contribution in [0.1, 0.15) is 194 Å². The minimum Gasteiger partial charge on any atom is -0.391 e. The van der Waals surface area contributed by atoms with Gasteiger partial charge in [0.1, 0.15) is 13.2 Å². The number of likely N-dealkylation sites (N-methyl/N-ethyl adjacent to an activating group) is 1. The van der Waals surface area contributed by atoms with Gasteiger partial charge in [0.05, 0.1) is 39.9 Å². The third kappa shape index (κ3) is 37.3. The normalized spacial score (nSPS) is 14.7. The van der Waals surface area contributed by atoms with Crippen LogP contribution in [0.3, 0.4) is 0 Å². The largest absolute Gasteiger partial charge is 0.472 e. The first-order valence-electron chi connectivity index (χ1n) is 21.7. The van der Waals surface area contributed by atoms with Crippen molar-refractivity contribution in [2.45, 2.75) is 206 Å². The first kappa shape index (κ1) is 51.0. The van der Waals surface area contributed by atoms with Crippen LogP contribution in [0.25, 0.3) is 0 Å². The molecule has 0 fully saturated rings. The number of carbonyl (C=O) groups excluding carboxylic acids is 1. The summed E-state index contributed by atoms with van der Waals surface area (Å²) in [6.07, 6.45) is 41.1. The van der Waals surface area contributed by atoms with Crippen molar-refractivity contribution in [1.82, 2.24) is 5.32 Å². The van der Waals surface area contributed by atoms with Gasteiger partial charge in [0, 0.05) is 6.42 Å². The number of amides is 1. The Hall–Kier alpha value is -1.02. The van der Waals surface area contributed by atoms with Gasteiger partial charge in [-0.1, -0.05) is 179 Å². The van der Waals surface area contributed by atoms with Gasteiger partial charge in [0.25, 0.3) is 0 Å². The Morgan fingerprint density at radius 2 is 1.04 bits per heavy atom. The molecule has 0 aromatic rings. The molecule has 0 bridgehead atoms. The standard InChI is InChI=1S/C43H85N2O6P/c1-6-8-10-12-14-16-18-20-21-22-23-25-27-29-31-33-35-37-43(47)44-41(40-51-52(48,49)50-39-38-45(3,4)5)42(46)36-34-32-30-28-26-24-19-17-15-13-11-9-7-2/h32-35,41-42,46H,6-31,36-40H2,1-5H3,(H-,44,47,48,49)/p+1/t41-,42+/m0/s1. The Morgan fingerprint density at radius 1 is 0.635 bits per heavy atom. The van der Waals surface area contributed by atoms with Gasteiger partial charge in [0.2, 0.25) is 5.91 Å². The topological polar surface area (TPSA) is 105 Å². The molecule has 1 unspecified atom stereocenters. The minimum absolute atomic E-state index is 0.0582. The first-order chi connectivity index (χ1) is 25.0. The van der Waals surface area contributed by atoms with Crippen LogP contribution >= 0.6 is 7.82 Å². The van der Waals surface area contributed by atoms with Crippen LogP contribution in [0, 0.1) is 0 Å². The Kier molecular flexibility index (Phi) is 35.0. The molecule has 0 aromatic heterocycles. The summed E-state index contributed by atoms with van der Waals surface area (Å²) in [5.74, 6) is -0.252. The molecule has 0 saturated carbocycles. The van der Waals surface area contributed by atoms with Crippen LogP contribution in [-0.2, 0) is 18.4 Å². The molecule has 9 heteroatoms. The summed E-state index contributed by atoms with van der Waals surface area (Å²) in [6.45, 7) is 4.80. The molecule has 0 rings (SSSR count). The predicted octanol–water partition coefficient (Wildman–Crippen LogP) is 11.7. The summed E-state index contributed by atoms with van der Waals surface area (Å²) in [5.41, 5.74) is 0. The highest BCUT2D eigenvalue weighted by Crippen LogP contribution is 2.43. The minimum atomic E-state index is -4.34. The molecule has 0 aromatic carbocycles. The van der Waals surface area contributed by atoms with E-state index in [0.717, 1.165) is 25.7 Å². The number of unbranched alkanes of at least 4 members (excludes halogenated alkanes) is 24. The molecule has 0 aliphatic rings. The van der Waals surface area contributed by atoms with Crippen molar-refractivity contribution in [3.63, 3.8) is 0 Å². The van der Waals surface area contributed by atoms with Crippen LogP contribution in [0.4, 0.5) is 0 Å². The number of rotatable bonds is 39. The molecule has 0 aliphatic heterocycles. The SMILES string of the molecule is CCCCCCCCCCCCC=CC[C@@H](O)[C@H](COP(=O)(O)OCC[N+](C)(C)C)NC(=O)CC=CCCCCCCCCCCCCCCCC. The van der Waals surface area contributed by atoms with E-state index in [4.69, 9.17) is 9.05 Å². The molecular formula is C43H86N2O6P+. The van der Waals surface area contributed by atoms with Gasteiger partial charge in [0.15, 0.2) is 0 Å². The quantitative estimate of drug-likeness (QED) is 0.0250. The Labute approximate surface area is 322 Å². The highest BCUT2D eigenvalue weighted by Gasteiger charge is 2.28. The summed E-state index contributed by atoms with van der Waals surface area (Å²) >= 11 is 0. The lowest BCUT2D eigenvalue weighted by atomic mass is 10.0. The van der Waals surface area contributed by atoms with Crippen LogP contribution in [0.2, 0.25) is 0 Å². The van der Waals surface area contributed by atoms with Crippen molar-refractivity contribution < 1.29 is 32.9 Å². The molecule has 308 valence electrons. The number of carbonyl (C=O) groups is 1. The fourth-order valence-corrected chi connectivity index (χ4v) is 6.92. The average Bonchev–Trinajstić information content (AvgIpc) is 3.09. The number of hydrogen-bond acceptors (Lipinski definition) is 5. The molecule has 0 radical (unpaired) electrons. The molecule has 0 heterocycles. The van der Waals surface area contributed by atoms with E-state index in [2.05, 4.69) is 31.3 Å². The second kappa shape index (κ2) is 35.7. The van der Waals surface area contributed by atoms with E-state index in [1.54, 1.807) is 0 Å². The second-order valence-electron chi connectivity index (χ2n) is 16.1. The summed E-state index contributed by atoms with van der Waals surface area (Å²) in [6, 6.07) is -0.837. The average molecular weight is 758 g/mol. The van der Waals surface area contributed by atoms with Gasteiger partial charge >= 0.3 is 7.82 Å². The van der Waals surface area contributed by atoms with E-state index in [0.29, 0.717) is 17.4 Å². The van der Waals surface area contributed by atoms with Gasteiger partial charge in [-0.2, -0.15) is 0 Å². The van der Waals surface area contributed by atoms with Gasteiger partial charge in [-0.15, -0.1) is 0 Å². The van der Waals surface area contributed by atoms with Gasteiger partial charge in [-0.3, -0.25) is 13.8 Å². The van der Waals surface area contributed by atoms with E-state index in [-0.39, 0.29) is 25.5 Å². The first-order valence-corrected chi connectivity index (χ1v) is 23.2. The van der Waals surface area contributed by atoms with Crippen molar-refractivity contribution in [3.05, 3.63) is 24.3 Å². The highest BCUT2D eigenvalue weighted by molar-refractivity contribution is 7.47. The van der Waals surface area contributed by atoms with Crippen molar-refractivity contribution >= 4 is 13.7 Å². The third-order valence-electron chi connectivity index (χ3n) is 9.71. The van der Waals surface area contributed by atoms with Gasteiger partial charge < -0.3 is 19.8 Å². The number of aliphatic hydroxyl groups is 1. The fourth-order valence-electron chi connectivity index (χ4n) is 6.19. The summed E-state index contributed by atoms with van der Waals surface area (Å²) in [4.78, 5) is 23.0. The molecular weight excluding hydrogens is 671 g/mol. The van der Waals surface area contributed by atoms with Gasteiger partial charge in [-0.25, -0.2) is 4.57 Å². The van der Waals surface area contributed by atoms with Crippen LogP contribution < -0.4 is 5.32 Å². The van der Waals surface area contributed by atoms with Crippen LogP contribution in [0.5, 0.6) is 0 Å². The number of allylic oxidation sites excluding steroid dienone is 2. The number of nitrogens with one attached hydrogen (secondary N) is 1. The van der Waals surface area contributed by atoms with Crippen molar-refractivity contribution in [2.75, 3.05) is 40.9 Å². The lowest BCUT2D eigenvalue weighted by Crippen LogP contribution is -2.46. The maximum absolute atomic E-state index is 12.8. The number of nitrogens with zero attached hydrogens (tertiary/aromatic N) is 1. The number of phosphoric acid groups is 1. The van der Waals surface area contributed by atoms with E-state index in [1.165, 1.54) is 141 Å². The Bertz CT molecular complexity index is 907. The summed E-state index contributed by atoms with van der Waals surface area (Å²) < 4.78 is 23.5. The number of phosphoric ester groups is 1.